The van der Waals surface area contributed by atoms with Crippen LogP contribution >= 0.6 is 11.8 Å². The molecular formula is C22H30FN3O2S. The number of aryl methyl sites for hydroxylation is 1. The van der Waals surface area contributed by atoms with E-state index in [1.807, 2.05) is 6.92 Å². The van der Waals surface area contributed by atoms with Crippen molar-refractivity contribution in [1.82, 2.24) is 14.9 Å². The molecule has 1 heterocycles. The molecule has 0 saturated heterocycles. The van der Waals surface area contributed by atoms with Gasteiger partial charge >= 0.3 is 0 Å². The Hall–Kier alpha value is -2.15. The first-order valence-corrected chi connectivity index (χ1v) is 11.1. The van der Waals surface area contributed by atoms with E-state index in [1.165, 1.54) is 23.9 Å². The van der Waals surface area contributed by atoms with Crippen molar-refractivity contribution in [3.8, 4) is 0 Å². The number of nitrogens with one attached hydrogen (secondary N) is 1. The summed E-state index contributed by atoms with van der Waals surface area (Å²) in [5.74, 6) is 0.506. The van der Waals surface area contributed by atoms with Crippen LogP contribution in [-0.4, -0.2) is 27.8 Å². The maximum atomic E-state index is 13.1. The van der Waals surface area contributed by atoms with Gasteiger partial charge in [0.05, 0.1) is 0 Å². The standard InChI is InChI=1S/C22H30FN3O2S/c1-4-5-6-13-24-20(27)8-7-14-29-22-25-16(2)19(21(28)26(22)3)15-17-9-11-18(23)12-10-17/h9-12H,4-8,13-15H2,1-3H3,(H,24,27). The van der Waals surface area contributed by atoms with Gasteiger partial charge in [-0.15, -0.1) is 0 Å². The van der Waals surface area contributed by atoms with Crippen LogP contribution in [0.4, 0.5) is 4.39 Å². The smallest absolute Gasteiger partial charge is 0.257 e. The van der Waals surface area contributed by atoms with Crippen molar-refractivity contribution in [3.05, 3.63) is 57.3 Å². The molecule has 1 N–H and O–H groups in total. The predicted octanol–water partition coefficient (Wildman–Crippen LogP) is 4.00. The van der Waals surface area contributed by atoms with Gasteiger partial charge in [0.15, 0.2) is 5.16 Å². The number of unbranched alkanes of at least 4 members (excludes halogenated alkanes) is 2. The Bertz CT molecular complexity index is 866. The summed E-state index contributed by atoms with van der Waals surface area (Å²) in [7, 11) is 1.71. The molecule has 5 nitrogen and oxygen atoms in total. The van der Waals surface area contributed by atoms with Crippen molar-refractivity contribution in [2.24, 2.45) is 7.05 Å². The molecule has 0 aliphatic rings. The topological polar surface area (TPSA) is 64.0 Å². The Labute approximate surface area is 176 Å². The summed E-state index contributed by atoms with van der Waals surface area (Å²) in [5.41, 5.74) is 2.10. The fourth-order valence-electron chi connectivity index (χ4n) is 2.96. The summed E-state index contributed by atoms with van der Waals surface area (Å²) in [6, 6.07) is 6.16. The second-order valence-corrected chi connectivity index (χ2v) is 8.20. The van der Waals surface area contributed by atoms with Gasteiger partial charge < -0.3 is 5.32 Å². The fourth-order valence-corrected chi connectivity index (χ4v) is 3.91. The average molecular weight is 420 g/mol. The van der Waals surface area contributed by atoms with Crippen molar-refractivity contribution in [2.75, 3.05) is 12.3 Å². The number of carbonyl (C=O) groups is 1. The van der Waals surface area contributed by atoms with E-state index in [0.717, 1.165) is 43.5 Å². The molecule has 2 aromatic rings. The van der Waals surface area contributed by atoms with E-state index in [9.17, 15) is 14.0 Å². The van der Waals surface area contributed by atoms with Crippen LogP contribution in [0, 0.1) is 12.7 Å². The number of hydrogen-bond donors (Lipinski definition) is 1. The monoisotopic (exact) mass is 419 g/mol. The van der Waals surface area contributed by atoms with Gasteiger partial charge in [-0.3, -0.25) is 14.2 Å². The van der Waals surface area contributed by atoms with Crippen LogP contribution in [0.25, 0.3) is 0 Å². The molecule has 0 bridgehead atoms. The molecule has 2 rings (SSSR count). The highest BCUT2D eigenvalue weighted by molar-refractivity contribution is 7.99. The highest BCUT2D eigenvalue weighted by Crippen LogP contribution is 2.18. The van der Waals surface area contributed by atoms with Crippen molar-refractivity contribution in [1.29, 1.82) is 0 Å². The Morgan fingerprint density at radius 3 is 2.62 bits per heavy atom. The van der Waals surface area contributed by atoms with Gasteiger partial charge in [-0.25, -0.2) is 9.37 Å². The summed E-state index contributed by atoms with van der Waals surface area (Å²) in [4.78, 5) is 29.2. The van der Waals surface area contributed by atoms with E-state index in [4.69, 9.17) is 0 Å². The van der Waals surface area contributed by atoms with Crippen molar-refractivity contribution < 1.29 is 9.18 Å². The quantitative estimate of drug-likeness (QED) is 0.340. The SMILES string of the molecule is CCCCCNC(=O)CCCSc1nc(C)c(Cc2ccc(F)cc2)c(=O)n1C. The molecule has 0 aliphatic heterocycles. The zero-order chi connectivity index (χ0) is 21.2. The molecule has 1 aromatic heterocycles. The number of hydrogen-bond acceptors (Lipinski definition) is 4. The first-order valence-electron chi connectivity index (χ1n) is 10.1. The lowest BCUT2D eigenvalue weighted by atomic mass is 10.1. The maximum Gasteiger partial charge on any atom is 0.257 e. The Morgan fingerprint density at radius 1 is 1.21 bits per heavy atom. The summed E-state index contributed by atoms with van der Waals surface area (Å²) < 4.78 is 14.6. The number of nitrogens with zero attached hydrogens (tertiary/aromatic N) is 2. The highest BCUT2D eigenvalue weighted by Gasteiger charge is 2.13. The minimum Gasteiger partial charge on any atom is -0.356 e. The third-order valence-electron chi connectivity index (χ3n) is 4.73. The summed E-state index contributed by atoms with van der Waals surface area (Å²) in [6.07, 6.45) is 4.93. The third kappa shape index (κ3) is 7.31. The maximum absolute atomic E-state index is 13.1. The molecule has 7 heteroatoms. The van der Waals surface area contributed by atoms with Crippen LogP contribution in [0.2, 0.25) is 0 Å². The van der Waals surface area contributed by atoms with Gasteiger partial charge in [-0.2, -0.15) is 0 Å². The highest BCUT2D eigenvalue weighted by atomic mass is 32.2. The van der Waals surface area contributed by atoms with Crippen LogP contribution in [0.5, 0.6) is 0 Å². The largest absolute Gasteiger partial charge is 0.356 e. The molecule has 1 amide bonds. The van der Waals surface area contributed by atoms with E-state index in [1.54, 1.807) is 23.7 Å². The lowest BCUT2D eigenvalue weighted by Gasteiger charge is -2.12. The van der Waals surface area contributed by atoms with Crippen molar-refractivity contribution in [2.45, 2.75) is 57.5 Å². The van der Waals surface area contributed by atoms with Gasteiger partial charge in [-0.05, 0) is 37.5 Å². The van der Waals surface area contributed by atoms with Crippen molar-refractivity contribution in [3.63, 3.8) is 0 Å². The molecular weight excluding hydrogens is 389 g/mol. The lowest BCUT2D eigenvalue weighted by Crippen LogP contribution is -2.26. The zero-order valence-electron chi connectivity index (χ0n) is 17.5. The van der Waals surface area contributed by atoms with Gasteiger partial charge in [0.2, 0.25) is 5.91 Å². The van der Waals surface area contributed by atoms with E-state index < -0.39 is 0 Å². The predicted molar refractivity (Wildman–Crippen MR) is 116 cm³/mol. The van der Waals surface area contributed by atoms with Gasteiger partial charge in [0.25, 0.3) is 5.56 Å². The molecule has 0 saturated carbocycles. The normalized spacial score (nSPS) is 10.9. The first kappa shape index (κ1) is 23.1. The zero-order valence-corrected chi connectivity index (χ0v) is 18.3. The van der Waals surface area contributed by atoms with Gasteiger partial charge in [0, 0.05) is 43.4 Å². The van der Waals surface area contributed by atoms with E-state index in [0.29, 0.717) is 29.3 Å². The number of aromatic nitrogens is 2. The van der Waals surface area contributed by atoms with Crippen LogP contribution in [0.1, 0.15) is 55.8 Å². The summed E-state index contributed by atoms with van der Waals surface area (Å²) in [5, 5.41) is 3.59. The summed E-state index contributed by atoms with van der Waals surface area (Å²) >= 11 is 1.49. The molecule has 1 aromatic carbocycles. The summed E-state index contributed by atoms with van der Waals surface area (Å²) in [6.45, 7) is 4.70. The molecule has 0 aliphatic carbocycles. The van der Waals surface area contributed by atoms with Crippen molar-refractivity contribution >= 4 is 17.7 Å². The average Bonchev–Trinajstić information content (AvgIpc) is 2.71. The second kappa shape index (κ2) is 11.8. The molecule has 0 radical (unpaired) electrons. The Morgan fingerprint density at radius 2 is 1.93 bits per heavy atom. The molecule has 0 unspecified atom stereocenters. The Balaban J connectivity index is 1.89. The number of rotatable bonds is 11. The van der Waals surface area contributed by atoms with Gasteiger partial charge in [0.1, 0.15) is 5.82 Å². The number of carbonyl (C=O) groups excluding carboxylic acids is 1. The third-order valence-corrected chi connectivity index (χ3v) is 5.84. The molecule has 0 fully saturated rings. The number of benzene rings is 1. The lowest BCUT2D eigenvalue weighted by molar-refractivity contribution is -0.121. The van der Waals surface area contributed by atoms with Crippen LogP contribution in [-0.2, 0) is 18.3 Å². The van der Waals surface area contributed by atoms with Gasteiger partial charge in [-0.1, -0.05) is 43.7 Å². The Kier molecular flexibility index (Phi) is 9.38. The first-order chi connectivity index (χ1) is 13.9. The minimum atomic E-state index is -0.294. The fraction of sp³-hybridized carbons (Fsp3) is 0.500. The van der Waals surface area contributed by atoms with Crippen LogP contribution < -0.4 is 10.9 Å². The van der Waals surface area contributed by atoms with E-state index in [2.05, 4.69) is 17.2 Å². The number of thioether (sulfide) groups is 1. The number of amides is 1. The molecule has 29 heavy (non-hydrogen) atoms. The molecule has 158 valence electrons. The van der Waals surface area contributed by atoms with Crippen LogP contribution in [0.15, 0.2) is 34.2 Å². The van der Waals surface area contributed by atoms with E-state index >= 15 is 0 Å². The molecule has 0 atom stereocenters. The van der Waals surface area contributed by atoms with Crippen LogP contribution in [0.3, 0.4) is 0 Å². The minimum absolute atomic E-state index is 0.0781. The number of halogens is 1. The molecule has 0 spiro atoms. The van der Waals surface area contributed by atoms with E-state index in [-0.39, 0.29) is 17.3 Å². The second-order valence-electron chi connectivity index (χ2n) is 7.13.